The number of ether oxygens (including phenoxy) is 1. The number of anilines is 1. The van der Waals surface area contributed by atoms with Crippen molar-refractivity contribution in [1.29, 1.82) is 0 Å². The molecule has 0 aliphatic carbocycles. The third kappa shape index (κ3) is 2.71. The summed E-state index contributed by atoms with van der Waals surface area (Å²) in [5.74, 6) is -0.0516. The molecule has 2 aromatic rings. The van der Waals surface area contributed by atoms with Gasteiger partial charge in [-0.1, -0.05) is 29.3 Å². The molecule has 0 heterocycles. The molecule has 2 N–H and O–H groups in total. The van der Waals surface area contributed by atoms with E-state index in [-0.39, 0.29) is 11.4 Å². The summed E-state index contributed by atoms with van der Waals surface area (Å²) in [5.41, 5.74) is 5.49. The maximum atomic E-state index is 13.3. The van der Waals surface area contributed by atoms with Gasteiger partial charge in [-0.05, 0) is 34.1 Å². The number of hydrogen-bond acceptors (Lipinski definition) is 2. The van der Waals surface area contributed by atoms with Gasteiger partial charge in [-0.3, -0.25) is 0 Å². The molecule has 0 saturated carbocycles. The van der Waals surface area contributed by atoms with E-state index in [9.17, 15) is 4.39 Å². The van der Waals surface area contributed by atoms with Crippen molar-refractivity contribution in [2.24, 2.45) is 0 Å². The van der Waals surface area contributed by atoms with Gasteiger partial charge in [0.1, 0.15) is 17.3 Å². The van der Waals surface area contributed by atoms with Gasteiger partial charge in [-0.25, -0.2) is 4.39 Å². The van der Waals surface area contributed by atoms with Crippen LogP contribution < -0.4 is 10.5 Å². The molecule has 2 aromatic carbocycles. The molecule has 0 unspecified atom stereocenters. The first kappa shape index (κ1) is 13.5. The SMILES string of the molecule is Nc1c(F)cccc1Oc1cc(Cl)c(Br)cc1Cl. The Morgan fingerprint density at radius 1 is 1.11 bits per heavy atom. The average molecular weight is 351 g/mol. The number of halogens is 4. The van der Waals surface area contributed by atoms with Gasteiger partial charge in [-0.2, -0.15) is 0 Å². The van der Waals surface area contributed by atoms with Crippen LogP contribution in [0.5, 0.6) is 11.5 Å². The van der Waals surface area contributed by atoms with Crippen molar-refractivity contribution in [2.45, 2.75) is 0 Å². The van der Waals surface area contributed by atoms with Gasteiger partial charge in [0.05, 0.1) is 10.0 Å². The van der Waals surface area contributed by atoms with Crippen LogP contribution in [-0.2, 0) is 0 Å². The standard InChI is InChI=1S/C12H7BrCl2FNO/c13-6-4-8(15)11(5-7(6)14)18-10-3-1-2-9(16)12(10)17/h1-5H,17H2. The van der Waals surface area contributed by atoms with Crippen molar-refractivity contribution in [2.75, 3.05) is 5.73 Å². The van der Waals surface area contributed by atoms with Crippen LogP contribution in [-0.4, -0.2) is 0 Å². The maximum absolute atomic E-state index is 13.3. The highest BCUT2D eigenvalue weighted by Crippen LogP contribution is 2.38. The highest BCUT2D eigenvalue weighted by Gasteiger charge is 2.11. The number of hydrogen-bond donors (Lipinski definition) is 1. The zero-order valence-corrected chi connectivity index (χ0v) is 12.0. The molecule has 94 valence electrons. The van der Waals surface area contributed by atoms with Crippen LogP contribution in [0.25, 0.3) is 0 Å². The third-order valence-electron chi connectivity index (χ3n) is 2.21. The molecule has 6 heteroatoms. The summed E-state index contributed by atoms with van der Waals surface area (Å²) in [6.45, 7) is 0. The van der Waals surface area contributed by atoms with E-state index in [1.807, 2.05) is 0 Å². The van der Waals surface area contributed by atoms with Crippen LogP contribution in [0, 0.1) is 5.82 Å². The molecular formula is C12H7BrCl2FNO. The van der Waals surface area contributed by atoms with Gasteiger partial charge in [0.15, 0.2) is 5.75 Å². The van der Waals surface area contributed by atoms with Crippen LogP contribution in [0.1, 0.15) is 0 Å². The van der Waals surface area contributed by atoms with Crippen molar-refractivity contribution in [1.82, 2.24) is 0 Å². The Morgan fingerprint density at radius 3 is 2.56 bits per heavy atom. The first-order valence-corrected chi connectivity index (χ1v) is 6.40. The Balaban J connectivity index is 2.40. The van der Waals surface area contributed by atoms with Crippen molar-refractivity contribution in [3.8, 4) is 11.5 Å². The number of para-hydroxylation sites is 1. The topological polar surface area (TPSA) is 35.2 Å². The summed E-state index contributed by atoms with van der Waals surface area (Å²) >= 11 is 15.2. The molecule has 0 bridgehead atoms. The molecule has 2 nitrogen and oxygen atoms in total. The smallest absolute Gasteiger partial charge is 0.153 e. The van der Waals surface area contributed by atoms with Crippen LogP contribution in [0.4, 0.5) is 10.1 Å². The zero-order chi connectivity index (χ0) is 13.3. The summed E-state index contributed by atoms with van der Waals surface area (Å²) in [6.07, 6.45) is 0. The maximum Gasteiger partial charge on any atom is 0.153 e. The Hall–Kier alpha value is -0.970. The van der Waals surface area contributed by atoms with Crippen LogP contribution in [0.3, 0.4) is 0 Å². The molecule has 0 fully saturated rings. The molecule has 0 aliphatic rings. The second-order valence-electron chi connectivity index (χ2n) is 3.45. The van der Waals surface area contributed by atoms with Crippen LogP contribution >= 0.6 is 39.1 Å². The van der Waals surface area contributed by atoms with E-state index in [1.54, 1.807) is 12.1 Å². The molecule has 18 heavy (non-hydrogen) atoms. The number of nitrogens with two attached hydrogens (primary N) is 1. The molecule has 0 spiro atoms. The van der Waals surface area contributed by atoms with Crippen molar-refractivity contribution < 1.29 is 9.13 Å². The lowest BCUT2D eigenvalue weighted by Crippen LogP contribution is -1.95. The van der Waals surface area contributed by atoms with Crippen molar-refractivity contribution in [3.05, 3.63) is 50.7 Å². The predicted molar refractivity (Wildman–Crippen MR) is 75.0 cm³/mol. The average Bonchev–Trinajstić information content (AvgIpc) is 2.32. The highest BCUT2D eigenvalue weighted by atomic mass is 79.9. The molecule has 0 amide bonds. The number of nitrogen functional groups attached to an aromatic ring is 1. The van der Waals surface area contributed by atoms with E-state index in [4.69, 9.17) is 33.7 Å². The minimum Gasteiger partial charge on any atom is -0.453 e. The van der Waals surface area contributed by atoms with Crippen molar-refractivity contribution >= 4 is 44.8 Å². The van der Waals surface area contributed by atoms with Crippen molar-refractivity contribution in [3.63, 3.8) is 0 Å². The predicted octanol–water partition coefficient (Wildman–Crippen LogP) is 5.27. The molecular weight excluding hydrogens is 344 g/mol. The van der Waals surface area contributed by atoms with Gasteiger partial charge in [0.25, 0.3) is 0 Å². The second-order valence-corrected chi connectivity index (χ2v) is 5.12. The quantitative estimate of drug-likeness (QED) is 0.591. The van der Waals surface area contributed by atoms with Gasteiger partial charge in [0.2, 0.25) is 0 Å². The fourth-order valence-corrected chi connectivity index (χ4v) is 2.14. The molecule has 2 rings (SSSR count). The zero-order valence-electron chi connectivity index (χ0n) is 8.88. The normalized spacial score (nSPS) is 10.4. The summed E-state index contributed by atoms with van der Waals surface area (Å²) in [5, 5.41) is 0.777. The van der Waals surface area contributed by atoms with E-state index in [1.165, 1.54) is 18.2 Å². The van der Waals surface area contributed by atoms with Gasteiger partial charge < -0.3 is 10.5 Å². The van der Waals surface area contributed by atoms with Crippen LogP contribution in [0.2, 0.25) is 10.0 Å². The Bertz CT molecular complexity index is 607. The fraction of sp³-hybridized carbons (Fsp3) is 0. The third-order valence-corrected chi connectivity index (χ3v) is 3.70. The molecule has 0 saturated heterocycles. The minimum atomic E-state index is -0.549. The van der Waals surface area contributed by atoms with Gasteiger partial charge in [-0.15, -0.1) is 0 Å². The minimum absolute atomic E-state index is 0.0763. The lowest BCUT2D eigenvalue weighted by Gasteiger charge is -2.11. The van der Waals surface area contributed by atoms with E-state index in [2.05, 4.69) is 15.9 Å². The second kappa shape index (κ2) is 5.34. The summed E-state index contributed by atoms with van der Waals surface area (Å²) in [4.78, 5) is 0. The Kier molecular flexibility index (Phi) is 4.00. The Morgan fingerprint density at radius 2 is 1.83 bits per heavy atom. The monoisotopic (exact) mass is 349 g/mol. The lowest BCUT2D eigenvalue weighted by molar-refractivity contribution is 0.480. The summed E-state index contributed by atoms with van der Waals surface area (Å²) in [6, 6.07) is 7.41. The number of rotatable bonds is 2. The lowest BCUT2D eigenvalue weighted by atomic mass is 10.3. The van der Waals surface area contributed by atoms with E-state index >= 15 is 0 Å². The number of benzene rings is 2. The molecule has 0 aliphatic heterocycles. The largest absolute Gasteiger partial charge is 0.453 e. The first-order valence-electron chi connectivity index (χ1n) is 4.85. The highest BCUT2D eigenvalue weighted by molar-refractivity contribution is 9.10. The molecule has 0 atom stereocenters. The van der Waals surface area contributed by atoms with E-state index in [0.717, 1.165) is 0 Å². The van der Waals surface area contributed by atoms with Gasteiger partial charge >= 0.3 is 0 Å². The first-order chi connectivity index (χ1) is 8.49. The summed E-state index contributed by atoms with van der Waals surface area (Å²) in [7, 11) is 0. The fourth-order valence-electron chi connectivity index (χ4n) is 1.31. The molecule has 0 aromatic heterocycles. The van der Waals surface area contributed by atoms with Crippen LogP contribution in [0.15, 0.2) is 34.8 Å². The summed E-state index contributed by atoms with van der Waals surface area (Å²) < 4.78 is 19.4. The van der Waals surface area contributed by atoms with E-state index < -0.39 is 5.82 Å². The van der Waals surface area contributed by atoms with E-state index in [0.29, 0.717) is 20.3 Å². The van der Waals surface area contributed by atoms with Gasteiger partial charge in [0, 0.05) is 10.5 Å². The Labute approximate surface area is 122 Å². The molecule has 0 radical (unpaired) electrons.